The zero-order valence-electron chi connectivity index (χ0n) is 64.0. The van der Waals surface area contributed by atoms with E-state index >= 15 is 0 Å². The van der Waals surface area contributed by atoms with Gasteiger partial charge in [-0.1, -0.05) is 317 Å². The van der Waals surface area contributed by atoms with Crippen LogP contribution in [0.3, 0.4) is 0 Å². The van der Waals surface area contributed by atoms with Crippen molar-refractivity contribution in [1.82, 2.24) is 5.32 Å². The zero-order valence-corrected chi connectivity index (χ0v) is 64.0. The van der Waals surface area contributed by atoms with Gasteiger partial charge in [-0.2, -0.15) is 0 Å². The van der Waals surface area contributed by atoms with Gasteiger partial charge < -0.3 is 89.9 Å². The van der Waals surface area contributed by atoms with Gasteiger partial charge in [-0.05, 0) is 70.6 Å². The van der Waals surface area contributed by atoms with Crippen LogP contribution < -0.4 is 5.32 Å². The first-order valence-electron chi connectivity index (χ1n) is 41.3. The van der Waals surface area contributed by atoms with Gasteiger partial charge in [0.15, 0.2) is 18.9 Å². The number of ether oxygens (including phenoxy) is 6. The molecule has 0 saturated carbocycles. The molecule has 19 heteroatoms. The monoisotopic (exact) mass is 1460 g/mol. The SMILES string of the molecule is CC/C=C\C/C=C\C/C=C\C/C=C\C/C=C\C/C=C\C/C=C\CCCCCCCCCCCCCCCC(=O)NC(COC1OC(CO)C(OC2OC(CO)C(OC3OC(CO)C(O)C(O)C3O)C(O)C2O)C(O)C1O)C(O)CCCCCCCCCCCCCCCCCCCCCCCCC. The smallest absolute Gasteiger partial charge is 0.220 e. The highest BCUT2D eigenvalue weighted by Gasteiger charge is 2.54. The number of aliphatic hydroxyl groups excluding tert-OH is 11. The van der Waals surface area contributed by atoms with Crippen LogP contribution in [0.4, 0.5) is 0 Å². The zero-order chi connectivity index (χ0) is 74.6. The maximum absolute atomic E-state index is 13.5. The number of allylic oxidation sites excluding steroid dienone is 14. The van der Waals surface area contributed by atoms with E-state index in [9.17, 15) is 61.0 Å². The summed E-state index contributed by atoms with van der Waals surface area (Å²) in [6.45, 7) is 1.72. The highest BCUT2D eigenvalue weighted by Crippen LogP contribution is 2.33. The molecule has 0 bridgehead atoms. The maximum atomic E-state index is 13.5. The molecule has 3 saturated heterocycles. The summed E-state index contributed by atoms with van der Waals surface area (Å²) in [5.74, 6) is -0.243. The van der Waals surface area contributed by atoms with Gasteiger partial charge in [0.1, 0.15) is 73.2 Å². The Hall–Kier alpha value is -3.03. The molecule has 17 unspecified atom stereocenters. The fraction of sp³-hybridized carbons (Fsp3) is 0.821. The third-order valence-corrected chi connectivity index (χ3v) is 20.2. The average Bonchev–Trinajstić information content (AvgIpc) is 0.781. The van der Waals surface area contributed by atoms with Crippen LogP contribution in [0.5, 0.6) is 0 Å². The minimum atomic E-state index is -1.98. The number of aliphatic hydroxyl groups is 11. The lowest BCUT2D eigenvalue weighted by atomic mass is 9.96. The van der Waals surface area contributed by atoms with E-state index < -0.39 is 124 Å². The molecule has 3 aliphatic heterocycles. The van der Waals surface area contributed by atoms with Crippen molar-refractivity contribution in [2.24, 2.45) is 0 Å². The number of carbonyl (C=O) groups excluding carboxylic acids is 1. The first-order valence-corrected chi connectivity index (χ1v) is 41.3. The van der Waals surface area contributed by atoms with E-state index in [0.29, 0.717) is 12.8 Å². The Labute approximate surface area is 622 Å². The van der Waals surface area contributed by atoms with Crippen molar-refractivity contribution >= 4 is 5.91 Å². The summed E-state index contributed by atoms with van der Waals surface area (Å²) < 4.78 is 34.5. The molecule has 598 valence electrons. The standard InChI is InChI=1S/C84H149NO18/c1-3-5-7-9-11-13-15-17-19-21-23-25-27-28-29-30-31-32-33-34-35-36-37-38-40-42-44-46-48-50-52-54-56-58-60-62-72(90)85-67(68(89)61-59-57-55-53-51-49-47-45-43-41-39-26-24-22-20-18-16-14-12-10-8-6-4-2)66-98-82-78(96)75(93)80(70(64-87)100-82)103-84-79(97)76(94)81(71(65-88)101-84)102-83-77(95)74(92)73(91)69(63-86)99-83/h5,7,11,13,17,19,23,25,28-29,31-32,34-35,67-71,73-84,86-89,91-97H,3-4,6,8-10,12,14-16,18,20-22,24,26-27,30,33,36-66H2,1-2H3,(H,85,90)/b7-5-,13-11-,19-17-,25-23-,29-28-,32-31-,35-34-. The first-order chi connectivity index (χ1) is 50.3. The fourth-order valence-corrected chi connectivity index (χ4v) is 13.7. The predicted octanol–water partition coefficient (Wildman–Crippen LogP) is 14.2. The molecule has 3 heterocycles. The van der Waals surface area contributed by atoms with Crippen molar-refractivity contribution in [1.29, 1.82) is 0 Å². The maximum Gasteiger partial charge on any atom is 0.220 e. The number of amides is 1. The van der Waals surface area contributed by atoms with Crippen molar-refractivity contribution in [3.63, 3.8) is 0 Å². The summed E-state index contributed by atoms with van der Waals surface area (Å²) in [5.41, 5.74) is 0. The van der Waals surface area contributed by atoms with Crippen LogP contribution in [-0.4, -0.2) is 193 Å². The molecule has 12 N–H and O–H groups in total. The molecule has 1 amide bonds. The Morgan fingerprint density at radius 3 is 1.05 bits per heavy atom. The molecule has 3 fully saturated rings. The van der Waals surface area contributed by atoms with Gasteiger partial charge in [-0.3, -0.25) is 4.79 Å². The Kier molecular flexibility index (Phi) is 58.4. The second-order valence-electron chi connectivity index (χ2n) is 29.2. The molecule has 0 aromatic carbocycles. The molecule has 0 aromatic rings. The molecule has 3 rings (SSSR count). The van der Waals surface area contributed by atoms with Crippen LogP contribution in [0.1, 0.15) is 309 Å². The van der Waals surface area contributed by atoms with Gasteiger partial charge >= 0.3 is 0 Å². The third kappa shape index (κ3) is 43.7. The molecular formula is C84H149NO18. The fourth-order valence-electron chi connectivity index (χ4n) is 13.7. The molecule has 0 spiro atoms. The van der Waals surface area contributed by atoms with E-state index in [-0.39, 0.29) is 18.9 Å². The van der Waals surface area contributed by atoms with Crippen LogP contribution in [0.2, 0.25) is 0 Å². The quantitative estimate of drug-likeness (QED) is 0.0199. The van der Waals surface area contributed by atoms with E-state index in [1.807, 2.05) is 0 Å². The van der Waals surface area contributed by atoms with Crippen molar-refractivity contribution in [3.8, 4) is 0 Å². The van der Waals surface area contributed by atoms with Gasteiger partial charge in [-0.15, -0.1) is 0 Å². The van der Waals surface area contributed by atoms with Crippen LogP contribution in [0, 0.1) is 0 Å². The van der Waals surface area contributed by atoms with Gasteiger partial charge in [-0.25, -0.2) is 0 Å². The number of rotatable bonds is 65. The summed E-state index contributed by atoms with van der Waals surface area (Å²) in [4.78, 5) is 13.5. The Balaban J connectivity index is 1.35. The summed E-state index contributed by atoms with van der Waals surface area (Å²) in [6, 6.07) is -0.894. The number of hydrogen-bond donors (Lipinski definition) is 12. The van der Waals surface area contributed by atoms with E-state index in [4.69, 9.17) is 28.4 Å². The Morgan fingerprint density at radius 1 is 0.359 bits per heavy atom. The summed E-state index contributed by atoms with van der Waals surface area (Å²) in [7, 11) is 0. The lowest BCUT2D eigenvalue weighted by Gasteiger charge is -2.48. The first kappa shape index (κ1) is 94.2. The Morgan fingerprint density at radius 2 is 0.670 bits per heavy atom. The van der Waals surface area contributed by atoms with Crippen LogP contribution >= 0.6 is 0 Å². The third-order valence-electron chi connectivity index (χ3n) is 20.2. The number of hydrogen-bond acceptors (Lipinski definition) is 18. The summed E-state index contributed by atoms with van der Waals surface area (Å²) in [6.07, 6.45) is 58.0. The van der Waals surface area contributed by atoms with Crippen molar-refractivity contribution in [2.75, 3.05) is 26.4 Å². The van der Waals surface area contributed by atoms with Gasteiger partial charge in [0, 0.05) is 6.42 Å². The molecule has 3 aliphatic rings. The van der Waals surface area contributed by atoms with E-state index in [0.717, 1.165) is 96.3 Å². The second-order valence-corrected chi connectivity index (χ2v) is 29.2. The predicted molar refractivity (Wildman–Crippen MR) is 411 cm³/mol. The Bertz CT molecular complexity index is 2190. The van der Waals surface area contributed by atoms with Crippen LogP contribution in [0.25, 0.3) is 0 Å². The lowest BCUT2D eigenvalue weighted by Crippen LogP contribution is -2.66. The minimum Gasteiger partial charge on any atom is -0.394 e. The van der Waals surface area contributed by atoms with Crippen molar-refractivity contribution < 1.29 is 89.4 Å². The van der Waals surface area contributed by atoms with Gasteiger partial charge in [0.2, 0.25) is 5.91 Å². The highest BCUT2D eigenvalue weighted by molar-refractivity contribution is 5.76. The number of nitrogens with one attached hydrogen (secondary N) is 1. The molecule has 0 aliphatic carbocycles. The highest BCUT2D eigenvalue weighted by atomic mass is 16.8. The van der Waals surface area contributed by atoms with Crippen molar-refractivity contribution in [2.45, 2.75) is 413 Å². The topological polar surface area (TPSA) is 307 Å². The van der Waals surface area contributed by atoms with Crippen molar-refractivity contribution in [3.05, 3.63) is 85.1 Å². The molecule has 0 radical (unpaired) electrons. The summed E-state index contributed by atoms with van der Waals surface area (Å²) >= 11 is 0. The molecule has 103 heavy (non-hydrogen) atoms. The van der Waals surface area contributed by atoms with Gasteiger partial charge in [0.25, 0.3) is 0 Å². The van der Waals surface area contributed by atoms with E-state index in [2.05, 4.69) is 104 Å². The average molecular weight is 1460 g/mol. The largest absolute Gasteiger partial charge is 0.394 e. The van der Waals surface area contributed by atoms with Crippen LogP contribution in [-0.2, 0) is 33.2 Å². The molecule has 19 nitrogen and oxygen atoms in total. The molecular weight excluding hydrogens is 1310 g/mol. The second kappa shape index (κ2) is 63.9. The van der Waals surface area contributed by atoms with Crippen LogP contribution in [0.15, 0.2) is 85.1 Å². The van der Waals surface area contributed by atoms with E-state index in [1.54, 1.807) is 0 Å². The minimum absolute atomic E-state index is 0.243. The normalized spacial score (nSPS) is 26.5. The molecule has 17 atom stereocenters. The lowest BCUT2D eigenvalue weighted by molar-refractivity contribution is -0.379. The number of unbranched alkanes of at least 4 members (excludes halogenated alkanes) is 35. The summed E-state index contributed by atoms with van der Waals surface area (Å²) in [5, 5.41) is 121. The van der Waals surface area contributed by atoms with Gasteiger partial charge in [0.05, 0.1) is 38.6 Å². The molecule has 0 aromatic heterocycles. The van der Waals surface area contributed by atoms with E-state index in [1.165, 1.54) is 180 Å². The number of carbonyl (C=O) groups is 1.